The molecule has 0 amide bonds. The van der Waals surface area contributed by atoms with Crippen LogP contribution >= 0.6 is 11.8 Å². The number of hydrogen-bond donors (Lipinski definition) is 0. The fourth-order valence-electron chi connectivity index (χ4n) is 3.36. The number of hydrogen-bond acceptors (Lipinski definition) is 5. The maximum atomic E-state index is 11.7. The van der Waals surface area contributed by atoms with Gasteiger partial charge < -0.3 is 4.74 Å². The second kappa shape index (κ2) is 6.92. The maximum Gasteiger partial charge on any atom is 0.337 e. The van der Waals surface area contributed by atoms with Gasteiger partial charge in [-0.1, -0.05) is 48.2 Å². The van der Waals surface area contributed by atoms with Crippen LogP contribution in [-0.2, 0) is 17.6 Å². The molecule has 0 radical (unpaired) electrons. The van der Waals surface area contributed by atoms with Gasteiger partial charge in [0.2, 0.25) is 0 Å². The lowest BCUT2D eigenvalue weighted by molar-refractivity contribution is 0.0601. The molecule has 0 N–H and O–H groups in total. The number of thioether (sulfide) groups is 1. The Morgan fingerprint density at radius 2 is 1.73 bits per heavy atom. The van der Waals surface area contributed by atoms with Gasteiger partial charge in [-0.15, -0.1) is 0 Å². The number of carbonyl (C=O) groups excluding carboxylic acids is 1. The zero-order valence-corrected chi connectivity index (χ0v) is 15.5. The number of rotatable bonds is 3. The molecule has 5 heteroatoms. The first-order valence-corrected chi connectivity index (χ1v) is 9.65. The van der Waals surface area contributed by atoms with E-state index in [4.69, 9.17) is 14.7 Å². The third-order valence-electron chi connectivity index (χ3n) is 4.67. The van der Waals surface area contributed by atoms with E-state index in [1.807, 2.05) is 18.4 Å². The Labute approximate surface area is 156 Å². The van der Waals surface area contributed by atoms with E-state index in [0.717, 1.165) is 34.9 Å². The number of benzene rings is 2. The zero-order valence-electron chi connectivity index (χ0n) is 14.7. The molecule has 4 rings (SSSR count). The number of fused-ring (bicyclic) bond motifs is 3. The first-order chi connectivity index (χ1) is 12.7. The average Bonchev–Trinajstić information content (AvgIpc) is 2.72. The van der Waals surface area contributed by atoms with Gasteiger partial charge in [0.15, 0.2) is 5.16 Å². The fourth-order valence-corrected chi connectivity index (χ4v) is 3.73. The van der Waals surface area contributed by atoms with Crippen molar-refractivity contribution in [2.45, 2.75) is 18.0 Å². The number of aryl methyl sites for hydroxylation is 1. The lowest BCUT2D eigenvalue weighted by Crippen LogP contribution is -2.10. The van der Waals surface area contributed by atoms with E-state index in [2.05, 4.69) is 24.3 Å². The summed E-state index contributed by atoms with van der Waals surface area (Å²) in [4.78, 5) is 21.3. The Hall–Kier alpha value is -2.66. The summed E-state index contributed by atoms with van der Waals surface area (Å²) in [6, 6.07) is 15.9. The minimum atomic E-state index is -0.333. The van der Waals surface area contributed by atoms with Crippen molar-refractivity contribution in [3.63, 3.8) is 0 Å². The molecule has 0 atom stereocenters. The van der Waals surface area contributed by atoms with E-state index >= 15 is 0 Å². The molecule has 0 bridgehead atoms. The molecule has 0 saturated carbocycles. The van der Waals surface area contributed by atoms with Crippen molar-refractivity contribution in [2.24, 2.45) is 0 Å². The molecule has 0 aliphatic heterocycles. The number of nitrogens with zero attached hydrogens (tertiary/aromatic N) is 2. The molecular weight excluding hydrogens is 344 g/mol. The third-order valence-corrected chi connectivity index (χ3v) is 5.21. The number of esters is 1. The Morgan fingerprint density at radius 1 is 1.00 bits per heavy atom. The second-order valence-corrected chi connectivity index (χ2v) is 6.89. The van der Waals surface area contributed by atoms with Crippen molar-refractivity contribution in [3.05, 3.63) is 65.2 Å². The van der Waals surface area contributed by atoms with Crippen molar-refractivity contribution in [2.75, 3.05) is 13.4 Å². The highest BCUT2D eigenvalue weighted by atomic mass is 32.2. The summed E-state index contributed by atoms with van der Waals surface area (Å²) >= 11 is 1.54. The van der Waals surface area contributed by atoms with Crippen LogP contribution in [0.2, 0.25) is 0 Å². The van der Waals surface area contributed by atoms with Gasteiger partial charge >= 0.3 is 5.97 Å². The van der Waals surface area contributed by atoms with Crippen molar-refractivity contribution < 1.29 is 9.53 Å². The van der Waals surface area contributed by atoms with E-state index in [1.54, 1.807) is 23.9 Å². The topological polar surface area (TPSA) is 52.1 Å². The molecule has 0 spiro atoms. The third kappa shape index (κ3) is 2.88. The molecule has 1 aliphatic carbocycles. The van der Waals surface area contributed by atoms with Crippen molar-refractivity contribution >= 4 is 17.7 Å². The van der Waals surface area contributed by atoms with Gasteiger partial charge in [0.1, 0.15) is 0 Å². The molecule has 1 aliphatic rings. The Kier molecular flexibility index (Phi) is 4.47. The van der Waals surface area contributed by atoms with Crippen LogP contribution in [0.25, 0.3) is 22.5 Å². The molecule has 130 valence electrons. The summed E-state index contributed by atoms with van der Waals surface area (Å²) in [5, 5.41) is 0.757. The minimum Gasteiger partial charge on any atom is -0.465 e. The number of carbonyl (C=O) groups is 1. The molecule has 3 aromatic rings. The quantitative estimate of drug-likeness (QED) is 0.392. The highest BCUT2D eigenvalue weighted by Gasteiger charge is 2.23. The maximum absolute atomic E-state index is 11.7. The molecular formula is C21H18N2O2S. The predicted octanol–water partition coefficient (Wildman–Crippen LogP) is 4.42. The van der Waals surface area contributed by atoms with Crippen LogP contribution in [0.1, 0.15) is 21.5 Å². The molecule has 1 aromatic heterocycles. The van der Waals surface area contributed by atoms with Crippen LogP contribution in [0.15, 0.2) is 53.7 Å². The number of ether oxygens (including phenoxy) is 1. The van der Waals surface area contributed by atoms with Crippen molar-refractivity contribution in [3.8, 4) is 22.5 Å². The molecule has 2 aromatic carbocycles. The number of aromatic nitrogens is 2. The van der Waals surface area contributed by atoms with E-state index in [-0.39, 0.29) is 5.97 Å². The van der Waals surface area contributed by atoms with Gasteiger partial charge in [-0.3, -0.25) is 0 Å². The largest absolute Gasteiger partial charge is 0.465 e. The van der Waals surface area contributed by atoms with Crippen LogP contribution in [-0.4, -0.2) is 29.3 Å². The number of methoxy groups -OCH3 is 1. The molecule has 4 nitrogen and oxygen atoms in total. The summed E-state index contributed by atoms with van der Waals surface area (Å²) in [6.45, 7) is 0. The van der Waals surface area contributed by atoms with Gasteiger partial charge in [-0.2, -0.15) is 0 Å². The Bertz CT molecular complexity index is 984. The average molecular weight is 362 g/mol. The highest BCUT2D eigenvalue weighted by molar-refractivity contribution is 7.98. The molecule has 0 saturated heterocycles. The van der Waals surface area contributed by atoms with E-state index in [0.29, 0.717) is 5.56 Å². The van der Waals surface area contributed by atoms with Gasteiger partial charge in [0.25, 0.3) is 0 Å². The summed E-state index contributed by atoms with van der Waals surface area (Å²) in [5.74, 6) is -0.333. The summed E-state index contributed by atoms with van der Waals surface area (Å²) in [7, 11) is 1.39. The monoisotopic (exact) mass is 362 g/mol. The van der Waals surface area contributed by atoms with Crippen LogP contribution < -0.4 is 0 Å². The van der Waals surface area contributed by atoms with E-state index in [9.17, 15) is 4.79 Å². The first-order valence-electron chi connectivity index (χ1n) is 8.43. The van der Waals surface area contributed by atoms with Gasteiger partial charge in [-0.25, -0.2) is 14.8 Å². The Morgan fingerprint density at radius 3 is 2.46 bits per heavy atom. The SMILES string of the molecule is COC(=O)c1ccc(-c2nc(SC)nc3c2CCc2ccccc2-3)cc1. The van der Waals surface area contributed by atoms with Gasteiger partial charge in [-0.05, 0) is 36.8 Å². The summed E-state index contributed by atoms with van der Waals surface area (Å²) in [5.41, 5.74) is 7.20. The van der Waals surface area contributed by atoms with Gasteiger partial charge in [0, 0.05) is 16.7 Å². The first kappa shape index (κ1) is 16.8. The normalized spacial score (nSPS) is 12.2. The van der Waals surface area contributed by atoms with Crippen LogP contribution in [0, 0.1) is 0 Å². The lowest BCUT2D eigenvalue weighted by atomic mass is 9.87. The summed E-state index contributed by atoms with van der Waals surface area (Å²) in [6.07, 6.45) is 3.88. The van der Waals surface area contributed by atoms with E-state index < -0.39 is 0 Å². The molecule has 0 fully saturated rings. The van der Waals surface area contributed by atoms with Crippen LogP contribution in [0.4, 0.5) is 0 Å². The second-order valence-electron chi connectivity index (χ2n) is 6.11. The molecule has 0 unspecified atom stereocenters. The van der Waals surface area contributed by atoms with E-state index in [1.165, 1.54) is 23.8 Å². The summed E-state index contributed by atoms with van der Waals surface area (Å²) < 4.78 is 4.78. The minimum absolute atomic E-state index is 0.333. The zero-order chi connectivity index (χ0) is 18.1. The molecule has 1 heterocycles. The Balaban J connectivity index is 1.87. The lowest BCUT2D eigenvalue weighted by Gasteiger charge is -2.22. The fraction of sp³-hybridized carbons (Fsp3) is 0.190. The standard InChI is InChI=1S/C21H18N2O2S/c1-25-20(24)15-9-7-14(8-10-15)18-17-12-11-13-5-3-4-6-16(13)19(17)23-21(22-18)26-2/h3-10H,11-12H2,1-2H3. The van der Waals surface area contributed by atoms with Gasteiger partial charge in [0.05, 0.1) is 24.1 Å². The van der Waals surface area contributed by atoms with Crippen LogP contribution in [0.5, 0.6) is 0 Å². The smallest absolute Gasteiger partial charge is 0.337 e. The van der Waals surface area contributed by atoms with Crippen molar-refractivity contribution in [1.29, 1.82) is 0 Å². The molecule has 26 heavy (non-hydrogen) atoms. The highest BCUT2D eigenvalue weighted by Crippen LogP contribution is 2.37. The van der Waals surface area contributed by atoms with Crippen LogP contribution in [0.3, 0.4) is 0 Å². The predicted molar refractivity (Wildman–Crippen MR) is 103 cm³/mol. The van der Waals surface area contributed by atoms with Crippen molar-refractivity contribution in [1.82, 2.24) is 9.97 Å².